The van der Waals surface area contributed by atoms with E-state index < -0.39 is 0 Å². The van der Waals surface area contributed by atoms with Gasteiger partial charge in [-0.2, -0.15) is 0 Å². The highest BCUT2D eigenvalue weighted by Gasteiger charge is 2.13. The van der Waals surface area contributed by atoms with Crippen molar-refractivity contribution < 1.29 is 9.53 Å². The molecule has 1 aliphatic rings. The molecule has 0 aliphatic carbocycles. The fraction of sp³-hybridized carbons (Fsp3) is 0.316. The van der Waals surface area contributed by atoms with Gasteiger partial charge in [0, 0.05) is 31.8 Å². The van der Waals surface area contributed by atoms with Crippen LogP contribution in [0.25, 0.3) is 0 Å². The Morgan fingerprint density at radius 2 is 1.91 bits per heavy atom. The van der Waals surface area contributed by atoms with Crippen LogP contribution in [0.4, 0.5) is 0 Å². The molecule has 2 aromatic carbocycles. The van der Waals surface area contributed by atoms with Crippen molar-refractivity contribution in [2.75, 3.05) is 6.61 Å². The smallest absolute Gasteiger partial charge is 0.251 e. The molecule has 4 heteroatoms. The fourth-order valence-corrected chi connectivity index (χ4v) is 2.80. The summed E-state index contributed by atoms with van der Waals surface area (Å²) in [5.41, 5.74) is 5.43. The Balaban J connectivity index is 1.65. The Kier molecular flexibility index (Phi) is 5.05. The molecule has 0 unspecified atom stereocenters. The van der Waals surface area contributed by atoms with Crippen molar-refractivity contribution in [1.29, 1.82) is 0 Å². The Morgan fingerprint density at radius 1 is 1.13 bits per heavy atom. The number of nitrogens with one attached hydrogen (secondary N) is 2. The topological polar surface area (TPSA) is 50.4 Å². The average molecular weight is 310 g/mol. The molecule has 0 bridgehead atoms. The van der Waals surface area contributed by atoms with Crippen LogP contribution in [0.15, 0.2) is 42.5 Å². The van der Waals surface area contributed by atoms with Crippen LogP contribution in [-0.2, 0) is 31.0 Å². The summed E-state index contributed by atoms with van der Waals surface area (Å²) in [7, 11) is 0. The van der Waals surface area contributed by atoms with E-state index in [0.717, 1.165) is 29.8 Å². The number of carbonyl (C=O) groups excluding carboxylic acids is 1. The minimum Gasteiger partial charge on any atom is -0.377 e. The van der Waals surface area contributed by atoms with Crippen molar-refractivity contribution in [2.45, 2.75) is 33.2 Å². The van der Waals surface area contributed by atoms with E-state index in [1.807, 2.05) is 49.4 Å². The van der Waals surface area contributed by atoms with Gasteiger partial charge in [-0.15, -0.1) is 0 Å². The Bertz CT molecular complexity index is 698. The third-order valence-corrected chi connectivity index (χ3v) is 4.12. The fourth-order valence-electron chi connectivity index (χ4n) is 2.80. The molecule has 1 heterocycles. The number of hydrogen-bond donors (Lipinski definition) is 2. The number of carbonyl (C=O) groups is 1. The maximum atomic E-state index is 12.4. The summed E-state index contributed by atoms with van der Waals surface area (Å²) in [4.78, 5) is 12.4. The van der Waals surface area contributed by atoms with Gasteiger partial charge in [0.25, 0.3) is 5.91 Å². The summed E-state index contributed by atoms with van der Waals surface area (Å²) < 4.78 is 5.48. The highest BCUT2D eigenvalue weighted by Crippen LogP contribution is 2.17. The predicted octanol–water partition coefficient (Wildman–Crippen LogP) is 2.76. The first-order valence-corrected chi connectivity index (χ1v) is 8.03. The Hall–Kier alpha value is -2.17. The lowest BCUT2D eigenvalue weighted by Crippen LogP contribution is -2.23. The maximum absolute atomic E-state index is 12.4. The van der Waals surface area contributed by atoms with Gasteiger partial charge in [-0.05, 0) is 41.3 Å². The van der Waals surface area contributed by atoms with E-state index in [2.05, 4.69) is 10.6 Å². The number of amides is 1. The average Bonchev–Trinajstić information content (AvgIpc) is 3.06. The second-order valence-electron chi connectivity index (χ2n) is 5.68. The second-order valence-corrected chi connectivity index (χ2v) is 5.68. The normalized spacial score (nSPS) is 12.9. The van der Waals surface area contributed by atoms with Crippen LogP contribution in [0.1, 0.15) is 39.5 Å². The highest BCUT2D eigenvalue weighted by atomic mass is 16.5. The third-order valence-electron chi connectivity index (χ3n) is 4.12. The molecule has 0 fully saturated rings. The molecule has 0 spiro atoms. The molecule has 1 aliphatic heterocycles. The van der Waals surface area contributed by atoms with Gasteiger partial charge < -0.3 is 15.4 Å². The first kappa shape index (κ1) is 15.7. The lowest BCUT2D eigenvalue weighted by molar-refractivity contribution is 0.0949. The first-order chi connectivity index (χ1) is 11.3. The molecule has 0 radical (unpaired) electrons. The van der Waals surface area contributed by atoms with E-state index in [9.17, 15) is 4.79 Å². The van der Waals surface area contributed by atoms with Crippen LogP contribution in [0.5, 0.6) is 0 Å². The Labute approximate surface area is 136 Å². The lowest BCUT2D eigenvalue weighted by Gasteiger charge is -2.11. The summed E-state index contributed by atoms with van der Waals surface area (Å²) in [5, 5.41) is 6.30. The highest BCUT2D eigenvalue weighted by molar-refractivity contribution is 5.94. The van der Waals surface area contributed by atoms with Crippen LogP contribution >= 0.6 is 0 Å². The summed E-state index contributed by atoms with van der Waals surface area (Å²) in [6.45, 7) is 5.48. The van der Waals surface area contributed by atoms with Crippen molar-refractivity contribution in [1.82, 2.24) is 10.6 Å². The van der Waals surface area contributed by atoms with E-state index in [0.29, 0.717) is 19.8 Å². The van der Waals surface area contributed by atoms with Gasteiger partial charge in [-0.1, -0.05) is 30.3 Å². The summed E-state index contributed by atoms with van der Waals surface area (Å²) in [6.07, 6.45) is 0. The zero-order chi connectivity index (χ0) is 16.1. The van der Waals surface area contributed by atoms with Crippen molar-refractivity contribution >= 4 is 5.91 Å². The standard InChI is InChI=1S/C19H22N2O2/c1-2-23-13-17-6-4-3-5-15(17)12-21-19(22)14-7-8-16-10-20-11-18(16)9-14/h3-9,20H,2,10-13H2,1H3,(H,21,22). The van der Waals surface area contributed by atoms with Crippen LogP contribution < -0.4 is 10.6 Å². The van der Waals surface area contributed by atoms with E-state index in [-0.39, 0.29) is 5.91 Å². The van der Waals surface area contributed by atoms with Crippen LogP contribution in [0.3, 0.4) is 0 Å². The van der Waals surface area contributed by atoms with E-state index >= 15 is 0 Å². The number of fused-ring (bicyclic) bond motifs is 1. The molecular formula is C19H22N2O2. The van der Waals surface area contributed by atoms with Gasteiger partial charge in [-0.25, -0.2) is 0 Å². The zero-order valence-electron chi connectivity index (χ0n) is 13.4. The molecule has 1 amide bonds. The molecule has 2 aromatic rings. The first-order valence-electron chi connectivity index (χ1n) is 8.03. The zero-order valence-corrected chi connectivity index (χ0v) is 13.4. The maximum Gasteiger partial charge on any atom is 0.251 e. The summed E-state index contributed by atoms with van der Waals surface area (Å²) in [5.74, 6) is -0.0362. The minimum absolute atomic E-state index is 0.0362. The molecular weight excluding hydrogens is 288 g/mol. The lowest BCUT2D eigenvalue weighted by atomic mass is 10.1. The van der Waals surface area contributed by atoms with E-state index in [1.54, 1.807) is 0 Å². The summed E-state index contributed by atoms with van der Waals surface area (Å²) in [6, 6.07) is 14.0. The predicted molar refractivity (Wildman–Crippen MR) is 89.9 cm³/mol. The Morgan fingerprint density at radius 3 is 2.74 bits per heavy atom. The van der Waals surface area contributed by atoms with Gasteiger partial charge >= 0.3 is 0 Å². The SMILES string of the molecule is CCOCc1ccccc1CNC(=O)c1ccc2c(c1)CNC2. The molecule has 0 atom stereocenters. The van der Waals surface area contributed by atoms with E-state index in [4.69, 9.17) is 4.74 Å². The molecule has 0 aromatic heterocycles. The molecule has 23 heavy (non-hydrogen) atoms. The van der Waals surface area contributed by atoms with Crippen LogP contribution in [0.2, 0.25) is 0 Å². The van der Waals surface area contributed by atoms with Crippen molar-refractivity contribution in [2.24, 2.45) is 0 Å². The molecule has 3 rings (SSSR count). The van der Waals surface area contributed by atoms with Gasteiger partial charge in [0.1, 0.15) is 0 Å². The number of ether oxygens (including phenoxy) is 1. The molecule has 0 saturated heterocycles. The minimum atomic E-state index is -0.0362. The monoisotopic (exact) mass is 310 g/mol. The van der Waals surface area contributed by atoms with E-state index in [1.165, 1.54) is 11.1 Å². The van der Waals surface area contributed by atoms with Gasteiger partial charge in [0.05, 0.1) is 6.61 Å². The number of hydrogen-bond acceptors (Lipinski definition) is 3. The van der Waals surface area contributed by atoms with Gasteiger partial charge in [0.2, 0.25) is 0 Å². The quantitative estimate of drug-likeness (QED) is 0.862. The molecule has 2 N–H and O–H groups in total. The number of rotatable bonds is 6. The van der Waals surface area contributed by atoms with Crippen LogP contribution in [-0.4, -0.2) is 12.5 Å². The van der Waals surface area contributed by atoms with Gasteiger partial charge in [0.15, 0.2) is 0 Å². The van der Waals surface area contributed by atoms with Gasteiger partial charge in [-0.3, -0.25) is 4.79 Å². The third kappa shape index (κ3) is 3.78. The molecule has 0 saturated carbocycles. The molecule has 4 nitrogen and oxygen atoms in total. The molecule has 120 valence electrons. The van der Waals surface area contributed by atoms with Crippen LogP contribution in [0, 0.1) is 0 Å². The van der Waals surface area contributed by atoms with Crippen molar-refractivity contribution in [3.63, 3.8) is 0 Å². The summed E-state index contributed by atoms with van der Waals surface area (Å²) >= 11 is 0. The second kappa shape index (κ2) is 7.40. The number of benzene rings is 2. The largest absolute Gasteiger partial charge is 0.377 e. The van der Waals surface area contributed by atoms with Crippen molar-refractivity contribution in [3.05, 3.63) is 70.3 Å². The van der Waals surface area contributed by atoms with Crippen molar-refractivity contribution in [3.8, 4) is 0 Å².